The summed E-state index contributed by atoms with van der Waals surface area (Å²) in [6.45, 7) is 0. The summed E-state index contributed by atoms with van der Waals surface area (Å²) in [5, 5.41) is -0.392. The summed E-state index contributed by atoms with van der Waals surface area (Å²) in [5.41, 5.74) is 1.61. The molecule has 2 nitrogen and oxygen atoms in total. The molecule has 0 saturated carbocycles. The third-order valence-electron chi connectivity index (χ3n) is 3.12. The van der Waals surface area contributed by atoms with Crippen LogP contribution >= 0.6 is 11.6 Å². The summed E-state index contributed by atoms with van der Waals surface area (Å²) in [6, 6.07) is 12.0. The lowest BCUT2D eigenvalue weighted by Crippen LogP contribution is -2.01. The number of alkyl halides is 1. The van der Waals surface area contributed by atoms with Gasteiger partial charge in [0.25, 0.3) is 0 Å². The Balaban J connectivity index is 2.28. The summed E-state index contributed by atoms with van der Waals surface area (Å²) >= 11 is 6.42. The molecule has 1 unspecified atom stereocenters. The number of hydrogen-bond acceptors (Lipinski definition) is 2. The largest absolute Gasteiger partial charge is 0.496 e. The molecule has 2 rings (SSSR count). The highest BCUT2D eigenvalue weighted by Crippen LogP contribution is 2.34. The van der Waals surface area contributed by atoms with E-state index in [2.05, 4.69) is 0 Å². The van der Waals surface area contributed by atoms with Crippen molar-refractivity contribution in [2.24, 2.45) is 0 Å². The van der Waals surface area contributed by atoms with Gasteiger partial charge in [0.15, 0.2) is 0 Å². The molecule has 0 bridgehead atoms. The molecular weight excluding hydrogens is 279 g/mol. The van der Waals surface area contributed by atoms with Gasteiger partial charge in [0.05, 0.1) is 19.6 Å². The average Bonchev–Trinajstić information content (AvgIpc) is 2.47. The molecule has 4 heteroatoms. The zero-order valence-corrected chi connectivity index (χ0v) is 12.2. The van der Waals surface area contributed by atoms with Crippen molar-refractivity contribution in [2.45, 2.75) is 11.8 Å². The molecule has 1 atom stereocenters. The minimum absolute atomic E-state index is 0.327. The van der Waals surface area contributed by atoms with Crippen molar-refractivity contribution < 1.29 is 13.9 Å². The van der Waals surface area contributed by atoms with Gasteiger partial charge in [-0.05, 0) is 36.2 Å². The van der Waals surface area contributed by atoms with Crippen LogP contribution in [0.4, 0.5) is 4.39 Å². The van der Waals surface area contributed by atoms with Crippen LogP contribution in [-0.4, -0.2) is 14.2 Å². The number of rotatable bonds is 5. The second kappa shape index (κ2) is 6.62. The smallest absolute Gasteiger partial charge is 0.123 e. The van der Waals surface area contributed by atoms with Crippen LogP contribution < -0.4 is 9.47 Å². The number of hydrogen-bond donors (Lipinski definition) is 0. The topological polar surface area (TPSA) is 18.5 Å². The van der Waals surface area contributed by atoms with Crippen molar-refractivity contribution in [3.8, 4) is 11.5 Å². The molecule has 0 aliphatic rings. The lowest BCUT2D eigenvalue weighted by Gasteiger charge is -2.15. The van der Waals surface area contributed by atoms with Gasteiger partial charge in [0.1, 0.15) is 17.3 Å². The molecule has 20 heavy (non-hydrogen) atoms. The maximum Gasteiger partial charge on any atom is 0.123 e. The van der Waals surface area contributed by atoms with Gasteiger partial charge in [-0.3, -0.25) is 0 Å². The Hall–Kier alpha value is -1.74. The third kappa shape index (κ3) is 3.23. The Morgan fingerprint density at radius 1 is 1.05 bits per heavy atom. The maximum absolute atomic E-state index is 13.4. The Bertz CT molecular complexity index is 586. The summed E-state index contributed by atoms with van der Waals surface area (Å²) in [5.74, 6) is 1.03. The van der Waals surface area contributed by atoms with Crippen LogP contribution in [0.5, 0.6) is 11.5 Å². The maximum atomic E-state index is 13.4. The minimum Gasteiger partial charge on any atom is -0.496 e. The van der Waals surface area contributed by atoms with E-state index in [1.807, 2.05) is 24.3 Å². The molecule has 0 aliphatic carbocycles. The van der Waals surface area contributed by atoms with E-state index in [1.165, 1.54) is 12.1 Å². The first kappa shape index (κ1) is 14.7. The van der Waals surface area contributed by atoms with Crippen LogP contribution in [0.2, 0.25) is 0 Å². The zero-order valence-electron chi connectivity index (χ0n) is 11.4. The predicted octanol–water partition coefficient (Wildman–Crippen LogP) is 4.37. The fourth-order valence-corrected chi connectivity index (χ4v) is 2.46. The van der Waals surface area contributed by atoms with Crippen LogP contribution in [0.25, 0.3) is 0 Å². The highest BCUT2D eigenvalue weighted by molar-refractivity contribution is 6.21. The van der Waals surface area contributed by atoms with Crippen LogP contribution in [0.1, 0.15) is 16.5 Å². The predicted molar refractivity (Wildman–Crippen MR) is 78.2 cm³/mol. The Morgan fingerprint density at radius 2 is 1.75 bits per heavy atom. The quantitative estimate of drug-likeness (QED) is 0.763. The molecule has 106 valence electrons. The van der Waals surface area contributed by atoms with Crippen molar-refractivity contribution in [3.05, 3.63) is 59.4 Å². The van der Waals surface area contributed by atoms with Crippen molar-refractivity contribution >= 4 is 11.6 Å². The average molecular weight is 295 g/mol. The van der Waals surface area contributed by atoms with Gasteiger partial charge < -0.3 is 9.47 Å². The van der Waals surface area contributed by atoms with Crippen molar-refractivity contribution in [1.29, 1.82) is 0 Å². The van der Waals surface area contributed by atoms with Crippen LogP contribution in [-0.2, 0) is 6.42 Å². The first-order valence-corrected chi connectivity index (χ1v) is 6.68. The van der Waals surface area contributed by atoms with Gasteiger partial charge in [-0.1, -0.05) is 18.2 Å². The number of para-hydroxylation sites is 1. The molecule has 0 saturated heterocycles. The van der Waals surface area contributed by atoms with E-state index in [0.717, 1.165) is 11.3 Å². The second-order valence-corrected chi connectivity index (χ2v) is 4.90. The molecule has 0 radical (unpaired) electrons. The van der Waals surface area contributed by atoms with Gasteiger partial charge in [-0.15, -0.1) is 11.6 Å². The summed E-state index contributed by atoms with van der Waals surface area (Å²) in [6.07, 6.45) is 0.533. The number of methoxy groups -OCH3 is 2. The lowest BCUT2D eigenvalue weighted by atomic mass is 10.0. The molecule has 0 N–H and O–H groups in total. The van der Waals surface area contributed by atoms with Crippen LogP contribution in [0.3, 0.4) is 0 Å². The molecule has 0 heterocycles. The summed E-state index contributed by atoms with van der Waals surface area (Å²) in [7, 11) is 3.16. The highest BCUT2D eigenvalue weighted by Gasteiger charge is 2.17. The van der Waals surface area contributed by atoms with Gasteiger partial charge in [0.2, 0.25) is 0 Å². The van der Waals surface area contributed by atoms with Crippen molar-refractivity contribution in [1.82, 2.24) is 0 Å². The Labute approximate surface area is 123 Å². The van der Waals surface area contributed by atoms with Crippen LogP contribution in [0.15, 0.2) is 42.5 Å². The van der Waals surface area contributed by atoms with E-state index in [-0.39, 0.29) is 5.82 Å². The molecule has 2 aromatic rings. The standard InChI is InChI=1S/C16H16ClFO2/c1-19-15-6-4-3-5-11(15)9-14(17)13-10-12(18)7-8-16(13)20-2/h3-8,10,14H,9H2,1-2H3. The SMILES string of the molecule is COc1ccccc1CC(Cl)c1cc(F)ccc1OC. The lowest BCUT2D eigenvalue weighted by molar-refractivity contribution is 0.404. The van der Waals surface area contributed by atoms with Crippen molar-refractivity contribution in [2.75, 3.05) is 14.2 Å². The van der Waals surface area contributed by atoms with E-state index in [1.54, 1.807) is 20.3 Å². The number of benzene rings is 2. The van der Waals surface area contributed by atoms with E-state index >= 15 is 0 Å². The number of ether oxygens (including phenoxy) is 2. The molecule has 0 aromatic heterocycles. The molecule has 0 aliphatic heterocycles. The van der Waals surface area contributed by atoms with E-state index in [0.29, 0.717) is 17.7 Å². The van der Waals surface area contributed by atoms with Gasteiger partial charge in [-0.2, -0.15) is 0 Å². The summed E-state index contributed by atoms with van der Waals surface area (Å²) < 4.78 is 23.9. The van der Waals surface area contributed by atoms with Gasteiger partial charge >= 0.3 is 0 Å². The molecular formula is C16H16ClFO2. The highest BCUT2D eigenvalue weighted by atomic mass is 35.5. The normalized spacial score (nSPS) is 12.0. The Morgan fingerprint density at radius 3 is 2.45 bits per heavy atom. The van der Waals surface area contributed by atoms with E-state index < -0.39 is 5.38 Å². The van der Waals surface area contributed by atoms with E-state index in [4.69, 9.17) is 21.1 Å². The monoisotopic (exact) mass is 294 g/mol. The fourth-order valence-electron chi connectivity index (χ4n) is 2.12. The molecule has 0 amide bonds. The minimum atomic E-state index is -0.392. The first-order valence-electron chi connectivity index (χ1n) is 6.25. The van der Waals surface area contributed by atoms with Gasteiger partial charge in [0, 0.05) is 5.56 Å². The second-order valence-electron chi connectivity index (χ2n) is 4.37. The van der Waals surface area contributed by atoms with Crippen molar-refractivity contribution in [3.63, 3.8) is 0 Å². The van der Waals surface area contributed by atoms with Gasteiger partial charge in [-0.25, -0.2) is 4.39 Å². The van der Waals surface area contributed by atoms with E-state index in [9.17, 15) is 4.39 Å². The molecule has 0 spiro atoms. The Kier molecular flexibility index (Phi) is 4.85. The molecule has 0 fully saturated rings. The number of halogens is 2. The first-order chi connectivity index (χ1) is 9.65. The fraction of sp³-hybridized carbons (Fsp3) is 0.250. The third-order valence-corrected chi connectivity index (χ3v) is 3.51. The molecule has 2 aromatic carbocycles. The zero-order chi connectivity index (χ0) is 14.5. The summed E-state index contributed by atoms with van der Waals surface area (Å²) in [4.78, 5) is 0. The van der Waals surface area contributed by atoms with Crippen LogP contribution in [0, 0.1) is 5.82 Å².